The molecule has 1 aromatic rings. The van der Waals surface area contributed by atoms with Crippen LogP contribution in [0.5, 0.6) is 0 Å². The van der Waals surface area contributed by atoms with Crippen LogP contribution in [0.3, 0.4) is 0 Å². The number of hydrogen-bond acceptors (Lipinski definition) is 3. The highest BCUT2D eigenvalue weighted by molar-refractivity contribution is 7.99. The van der Waals surface area contributed by atoms with Gasteiger partial charge in [0.1, 0.15) is 5.78 Å². The highest BCUT2D eigenvalue weighted by atomic mass is 32.2. The van der Waals surface area contributed by atoms with Crippen LogP contribution in [0.1, 0.15) is 12.5 Å². The zero-order valence-electron chi connectivity index (χ0n) is 6.99. The molecule has 0 fully saturated rings. The van der Waals surface area contributed by atoms with Crippen LogP contribution in [-0.2, 0) is 10.5 Å². The maximum absolute atomic E-state index is 10.6. The molecule has 0 bridgehead atoms. The van der Waals surface area contributed by atoms with Gasteiger partial charge in [0, 0.05) is 18.1 Å². The molecule has 0 saturated carbocycles. The van der Waals surface area contributed by atoms with Crippen LogP contribution in [0.25, 0.3) is 0 Å². The molecule has 0 spiro atoms. The summed E-state index contributed by atoms with van der Waals surface area (Å²) in [4.78, 5) is 14.5. The molecule has 64 valence electrons. The highest BCUT2D eigenvalue weighted by Gasteiger charge is 1.94. The van der Waals surface area contributed by atoms with E-state index < -0.39 is 0 Å². The number of carbonyl (C=O) groups is 1. The average Bonchev–Trinajstić information content (AvgIpc) is 2.05. The maximum Gasteiger partial charge on any atom is 0.139 e. The quantitative estimate of drug-likeness (QED) is 0.710. The van der Waals surface area contributed by atoms with Gasteiger partial charge in [0.2, 0.25) is 0 Å². The Morgan fingerprint density at radius 1 is 1.50 bits per heavy atom. The van der Waals surface area contributed by atoms with Crippen LogP contribution < -0.4 is 0 Å². The number of thioether (sulfide) groups is 1. The molecule has 0 aromatic carbocycles. The number of nitrogens with zero attached hydrogens (tertiary/aromatic N) is 1. The SMILES string of the molecule is CC(=O)CSCc1ccncc1. The van der Waals surface area contributed by atoms with E-state index in [-0.39, 0.29) is 5.78 Å². The van der Waals surface area contributed by atoms with Crippen molar-refractivity contribution in [2.45, 2.75) is 12.7 Å². The average molecular weight is 181 g/mol. The minimum atomic E-state index is 0.231. The smallest absolute Gasteiger partial charge is 0.139 e. The lowest BCUT2D eigenvalue weighted by molar-refractivity contribution is -0.114. The fraction of sp³-hybridized carbons (Fsp3) is 0.333. The molecule has 0 aliphatic carbocycles. The summed E-state index contributed by atoms with van der Waals surface area (Å²) in [5.41, 5.74) is 1.22. The van der Waals surface area contributed by atoms with Crippen molar-refractivity contribution < 1.29 is 4.79 Å². The van der Waals surface area contributed by atoms with Crippen molar-refractivity contribution in [3.63, 3.8) is 0 Å². The fourth-order valence-corrected chi connectivity index (χ4v) is 1.61. The van der Waals surface area contributed by atoms with Crippen molar-refractivity contribution in [1.29, 1.82) is 0 Å². The van der Waals surface area contributed by atoms with E-state index in [1.165, 1.54) is 5.56 Å². The van der Waals surface area contributed by atoms with Crippen LogP contribution >= 0.6 is 11.8 Å². The molecule has 2 nitrogen and oxygen atoms in total. The van der Waals surface area contributed by atoms with E-state index in [0.717, 1.165) is 5.75 Å². The molecule has 1 rings (SSSR count). The Hall–Kier alpha value is -0.830. The van der Waals surface area contributed by atoms with Crippen LogP contribution in [0.15, 0.2) is 24.5 Å². The first-order valence-corrected chi connectivity index (χ1v) is 4.90. The van der Waals surface area contributed by atoms with Gasteiger partial charge < -0.3 is 0 Å². The summed E-state index contributed by atoms with van der Waals surface area (Å²) in [6.45, 7) is 1.61. The van der Waals surface area contributed by atoms with Crippen molar-refractivity contribution in [2.24, 2.45) is 0 Å². The summed E-state index contributed by atoms with van der Waals surface area (Å²) in [5, 5.41) is 0. The molecule has 0 N–H and O–H groups in total. The van der Waals surface area contributed by atoms with E-state index in [4.69, 9.17) is 0 Å². The van der Waals surface area contributed by atoms with Crippen molar-refractivity contribution in [2.75, 3.05) is 5.75 Å². The van der Waals surface area contributed by atoms with Gasteiger partial charge in [-0.3, -0.25) is 9.78 Å². The van der Waals surface area contributed by atoms with Gasteiger partial charge in [-0.1, -0.05) is 0 Å². The monoisotopic (exact) mass is 181 g/mol. The van der Waals surface area contributed by atoms with E-state index in [0.29, 0.717) is 5.75 Å². The molecule has 1 heterocycles. The van der Waals surface area contributed by atoms with Crippen LogP contribution in [0, 0.1) is 0 Å². The van der Waals surface area contributed by atoms with Gasteiger partial charge in [-0.15, -0.1) is 11.8 Å². The number of Topliss-reactive ketones (excluding diaryl/α,β-unsaturated/α-hetero) is 1. The van der Waals surface area contributed by atoms with E-state index in [1.54, 1.807) is 31.1 Å². The van der Waals surface area contributed by atoms with Gasteiger partial charge in [0.15, 0.2) is 0 Å². The number of rotatable bonds is 4. The van der Waals surface area contributed by atoms with E-state index in [1.807, 2.05) is 12.1 Å². The van der Waals surface area contributed by atoms with Gasteiger partial charge in [-0.05, 0) is 24.6 Å². The number of hydrogen-bond donors (Lipinski definition) is 0. The van der Waals surface area contributed by atoms with Crippen LogP contribution in [0.2, 0.25) is 0 Å². The lowest BCUT2D eigenvalue weighted by Gasteiger charge is -1.97. The fourth-order valence-electron chi connectivity index (χ4n) is 0.792. The molecule has 0 aliphatic heterocycles. The number of carbonyl (C=O) groups excluding carboxylic acids is 1. The molecule has 0 aliphatic rings. The van der Waals surface area contributed by atoms with Gasteiger partial charge in [0.25, 0.3) is 0 Å². The van der Waals surface area contributed by atoms with E-state index in [2.05, 4.69) is 4.98 Å². The summed E-state index contributed by atoms with van der Waals surface area (Å²) in [5.74, 6) is 1.72. The lowest BCUT2D eigenvalue weighted by Crippen LogP contribution is -1.93. The molecular formula is C9H11NOS. The summed E-state index contributed by atoms with van der Waals surface area (Å²) < 4.78 is 0. The zero-order valence-corrected chi connectivity index (χ0v) is 7.80. The predicted molar refractivity (Wildman–Crippen MR) is 51.1 cm³/mol. The largest absolute Gasteiger partial charge is 0.299 e. The summed E-state index contributed by atoms with van der Waals surface area (Å²) in [7, 11) is 0. The molecule has 3 heteroatoms. The minimum absolute atomic E-state index is 0.231. The third-order valence-electron chi connectivity index (χ3n) is 1.32. The molecule has 0 radical (unpaired) electrons. The molecular weight excluding hydrogens is 170 g/mol. The zero-order chi connectivity index (χ0) is 8.81. The molecule has 1 aromatic heterocycles. The highest BCUT2D eigenvalue weighted by Crippen LogP contribution is 2.10. The Kier molecular flexibility index (Phi) is 3.80. The summed E-state index contributed by atoms with van der Waals surface area (Å²) >= 11 is 1.64. The molecule has 12 heavy (non-hydrogen) atoms. The topological polar surface area (TPSA) is 30.0 Å². The summed E-state index contributed by atoms with van der Waals surface area (Å²) in [6, 6.07) is 3.93. The summed E-state index contributed by atoms with van der Waals surface area (Å²) in [6.07, 6.45) is 3.54. The first kappa shape index (κ1) is 9.26. The first-order chi connectivity index (χ1) is 5.79. The standard InChI is InChI=1S/C9H11NOS/c1-8(11)6-12-7-9-2-4-10-5-3-9/h2-5H,6-7H2,1H3. The Morgan fingerprint density at radius 3 is 2.75 bits per heavy atom. The predicted octanol–water partition coefficient (Wildman–Crippen LogP) is 1.90. The molecule has 0 amide bonds. The number of aromatic nitrogens is 1. The van der Waals surface area contributed by atoms with E-state index in [9.17, 15) is 4.79 Å². The van der Waals surface area contributed by atoms with Gasteiger partial charge in [-0.25, -0.2) is 0 Å². The Labute approximate surface area is 76.4 Å². The lowest BCUT2D eigenvalue weighted by atomic mass is 10.3. The van der Waals surface area contributed by atoms with Crippen LogP contribution in [-0.4, -0.2) is 16.5 Å². The van der Waals surface area contributed by atoms with Crippen molar-refractivity contribution in [3.05, 3.63) is 30.1 Å². The second kappa shape index (κ2) is 4.93. The van der Waals surface area contributed by atoms with Crippen molar-refractivity contribution in [1.82, 2.24) is 4.98 Å². The molecule has 0 saturated heterocycles. The number of ketones is 1. The second-order valence-corrected chi connectivity index (χ2v) is 3.54. The van der Waals surface area contributed by atoms with Gasteiger partial charge in [-0.2, -0.15) is 0 Å². The molecule has 0 atom stereocenters. The van der Waals surface area contributed by atoms with E-state index >= 15 is 0 Å². The van der Waals surface area contributed by atoms with Crippen LogP contribution in [0.4, 0.5) is 0 Å². The van der Waals surface area contributed by atoms with Crippen molar-refractivity contribution >= 4 is 17.5 Å². The number of pyridine rings is 1. The Morgan fingerprint density at radius 2 is 2.17 bits per heavy atom. The molecule has 0 unspecified atom stereocenters. The third kappa shape index (κ3) is 3.53. The second-order valence-electron chi connectivity index (χ2n) is 2.55. The minimum Gasteiger partial charge on any atom is -0.299 e. The maximum atomic E-state index is 10.6. The normalized spacial score (nSPS) is 9.75. The Balaban J connectivity index is 2.29. The Bertz CT molecular complexity index is 248. The van der Waals surface area contributed by atoms with Gasteiger partial charge in [0.05, 0.1) is 5.75 Å². The van der Waals surface area contributed by atoms with Crippen molar-refractivity contribution in [3.8, 4) is 0 Å². The third-order valence-corrected chi connectivity index (χ3v) is 2.47. The first-order valence-electron chi connectivity index (χ1n) is 3.75. The van der Waals surface area contributed by atoms with Gasteiger partial charge >= 0.3 is 0 Å².